The molecule has 0 unspecified atom stereocenters. The standard InChI is InChI=1S/C13H9Br2ClN2O/c14-7-1-4-11(10(15)5-7)19-12-6-8(16)2-3-9(12)13(17)18/h1-6H,(H3,17,18). The Morgan fingerprint density at radius 1 is 1.11 bits per heavy atom. The number of amidine groups is 1. The van der Waals surface area contributed by atoms with E-state index < -0.39 is 0 Å². The molecule has 0 bridgehead atoms. The maximum atomic E-state index is 7.54. The van der Waals surface area contributed by atoms with E-state index in [1.165, 1.54) is 0 Å². The zero-order valence-electron chi connectivity index (χ0n) is 9.58. The van der Waals surface area contributed by atoms with E-state index in [0.717, 1.165) is 8.95 Å². The second-order valence-electron chi connectivity index (χ2n) is 3.73. The third-order valence-corrected chi connectivity index (χ3v) is 3.70. The van der Waals surface area contributed by atoms with Gasteiger partial charge in [-0.1, -0.05) is 27.5 Å². The summed E-state index contributed by atoms with van der Waals surface area (Å²) in [6, 6.07) is 10.5. The van der Waals surface area contributed by atoms with Crippen LogP contribution in [0.1, 0.15) is 5.56 Å². The number of nitrogen functional groups attached to an aromatic ring is 1. The maximum Gasteiger partial charge on any atom is 0.141 e. The van der Waals surface area contributed by atoms with Gasteiger partial charge < -0.3 is 10.5 Å². The summed E-state index contributed by atoms with van der Waals surface area (Å²) in [5.41, 5.74) is 6.02. The fraction of sp³-hybridized carbons (Fsp3) is 0. The molecular weight excluding hydrogens is 395 g/mol. The summed E-state index contributed by atoms with van der Waals surface area (Å²) in [5, 5.41) is 8.06. The Balaban J connectivity index is 2.42. The molecule has 19 heavy (non-hydrogen) atoms. The van der Waals surface area contributed by atoms with Gasteiger partial charge >= 0.3 is 0 Å². The molecule has 0 amide bonds. The van der Waals surface area contributed by atoms with Crippen LogP contribution in [0.25, 0.3) is 0 Å². The predicted octanol–water partition coefficient (Wildman–Crippen LogP) is 4.94. The summed E-state index contributed by atoms with van der Waals surface area (Å²) in [7, 11) is 0. The Morgan fingerprint density at radius 3 is 2.47 bits per heavy atom. The summed E-state index contributed by atoms with van der Waals surface area (Å²) in [5.74, 6) is 0.996. The van der Waals surface area contributed by atoms with E-state index in [4.69, 9.17) is 27.5 Å². The number of hydrogen-bond acceptors (Lipinski definition) is 2. The quantitative estimate of drug-likeness (QED) is 0.562. The van der Waals surface area contributed by atoms with Gasteiger partial charge in [-0.05, 0) is 46.3 Å². The number of rotatable bonds is 3. The molecule has 0 fully saturated rings. The molecule has 0 saturated heterocycles. The highest BCUT2D eigenvalue weighted by Crippen LogP contribution is 2.34. The van der Waals surface area contributed by atoms with Crippen molar-refractivity contribution in [1.29, 1.82) is 5.41 Å². The van der Waals surface area contributed by atoms with Gasteiger partial charge in [0, 0.05) is 15.6 Å². The van der Waals surface area contributed by atoms with E-state index in [2.05, 4.69) is 31.9 Å². The van der Waals surface area contributed by atoms with Crippen molar-refractivity contribution in [3.63, 3.8) is 0 Å². The summed E-state index contributed by atoms with van der Waals surface area (Å²) in [6.45, 7) is 0. The van der Waals surface area contributed by atoms with Crippen molar-refractivity contribution >= 4 is 49.3 Å². The maximum absolute atomic E-state index is 7.54. The summed E-state index contributed by atoms with van der Waals surface area (Å²) in [4.78, 5) is 0. The molecule has 2 aromatic rings. The second-order valence-corrected chi connectivity index (χ2v) is 5.94. The number of nitrogens with one attached hydrogen (secondary N) is 1. The Bertz CT molecular complexity index is 647. The normalized spacial score (nSPS) is 10.3. The molecule has 2 rings (SSSR count). The zero-order chi connectivity index (χ0) is 14.0. The van der Waals surface area contributed by atoms with Gasteiger partial charge in [-0.15, -0.1) is 0 Å². The highest BCUT2D eigenvalue weighted by atomic mass is 79.9. The SMILES string of the molecule is N=C(N)c1ccc(Cl)cc1Oc1ccc(Br)cc1Br. The number of nitrogens with two attached hydrogens (primary N) is 1. The van der Waals surface area contributed by atoms with Gasteiger partial charge in [0.15, 0.2) is 0 Å². The van der Waals surface area contributed by atoms with Crippen LogP contribution in [0.2, 0.25) is 5.02 Å². The fourth-order valence-corrected chi connectivity index (χ4v) is 2.77. The molecular formula is C13H9Br2ClN2O. The summed E-state index contributed by atoms with van der Waals surface area (Å²) in [6.07, 6.45) is 0. The van der Waals surface area contributed by atoms with E-state index >= 15 is 0 Å². The first-order valence-corrected chi connectivity index (χ1v) is 7.20. The van der Waals surface area contributed by atoms with E-state index in [-0.39, 0.29) is 5.84 Å². The molecule has 0 saturated carbocycles. The predicted molar refractivity (Wildman–Crippen MR) is 84.4 cm³/mol. The molecule has 0 spiro atoms. The lowest BCUT2D eigenvalue weighted by atomic mass is 10.2. The van der Waals surface area contributed by atoms with Gasteiger partial charge in [-0.25, -0.2) is 0 Å². The molecule has 2 aromatic carbocycles. The van der Waals surface area contributed by atoms with Crippen molar-refractivity contribution in [3.05, 3.63) is 55.9 Å². The van der Waals surface area contributed by atoms with Crippen LogP contribution < -0.4 is 10.5 Å². The smallest absolute Gasteiger partial charge is 0.141 e. The van der Waals surface area contributed by atoms with Crippen molar-refractivity contribution < 1.29 is 4.74 Å². The van der Waals surface area contributed by atoms with Crippen molar-refractivity contribution in [2.45, 2.75) is 0 Å². The fourth-order valence-electron chi connectivity index (χ4n) is 1.48. The Hall–Kier alpha value is -1.04. The molecule has 0 heterocycles. The van der Waals surface area contributed by atoms with Gasteiger partial charge in [0.05, 0.1) is 10.0 Å². The highest BCUT2D eigenvalue weighted by Gasteiger charge is 2.10. The monoisotopic (exact) mass is 402 g/mol. The van der Waals surface area contributed by atoms with Crippen LogP contribution >= 0.6 is 43.5 Å². The lowest BCUT2D eigenvalue weighted by Gasteiger charge is -2.12. The summed E-state index contributed by atoms with van der Waals surface area (Å²) >= 11 is 12.7. The molecule has 3 nitrogen and oxygen atoms in total. The highest BCUT2D eigenvalue weighted by molar-refractivity contribution is 9.11. The Labute approximate surface area is 132 Å². The van der Waals surface area contributed by atoms with Gasteiger partial charge in [0.1, 0.15) is 17.3 Å². The molecule has 0 aliphatic carbocycles. The third-order valence-electron chi connectivity index (χ3n) is 2.35. The number of hydrogen-bond donors (Lipinski definition) is 2. The van der Waals surface area contributed by atoms with Crippen LogP contribution in [0.3, 0.4) is 0 Å². The van der Waals surface area contributed by atoms with Crippen LogP contribution in [0.4, 0.5) is 0 Å². The van der Waals surface area contributed by atoms with Crippen LogP contribution in [0.5, 0.6) is 11.5 Å². The molecule has 0 aliphatic rings. The van der Waals surface area contributed by atoms with E-state index in [1.54, 1.807) is 24.3 Å². The molecule has 0 atom stereocenters. The number of benzene rings is 2. The average molecular weight is 404 g/mol. The van der Waals surface area contributed by atoms with E-state index in [0.29, 0.717) is 22.1 Å². The van der Waals surface area contributed by atoms with Crippen LogP contribution in [0, 0.1) is 5.41 Å². The lowest BCUT2D eigenvalue weighted by Crippen LogP contribution is -2.12. The first-order valence-electron chi connectivity index (χ1n) is 5.24. The first-order chi connectivity index (χ1) is 8.97. The minimum atomic E-state index is -0.0695. The number of halogens is 3. The number of ether oxygens (including phenoxy) is 1. The largest absolute Gasteiger partial charge is 0.455 e. The molecule has 6 heteroatoms. The Morgan fingerprint density at radius 2 is 1.84 bits per heavy atom. The molecule has 0 aliphatic heterocycles. The van der Waals surface area contributed by atoms with Crippen LogP contribution in [-0.2, 0) is 0 Å². The van der Waals surface area contributed by atoms with Crippen LogP contribution in [0.15, 0.2) is 45.3 Å². The van der Waals surface area contributed by atoms with E-state index in [1.807, 2.05) is 12.1 Å². The molecule has 0 aromatic heterocycles. The average Bonchev–Trinajstić information content (AvgIpc) is 2.32. The van der Waals surface area contributed by atoms with Crippen molar-refractivity contribution in [3.8, 4) is 11.5 Å². The van der Waals surface area contributed by atoms with Crippen LogP contribution in [-0.4, -0.2) is 5.84 Å². The van der Waals surface area contributed by atoms with E-state index in [9.17, 15) is 0 Å². The van der Waals surface area contributed by atoms with Gasteiger partial charge in [-0.2, -0.15) is 0 Å². The molecule has 0 radical (unpaired) electrons. The minimum Gasteiger partial charge on any atom is -0.455 e. The zero-order valence-corrected chi connectivity index (χ0v) is 13.5. The summed E-state index contributed by atoms with van der Waals surface area (Å²) < 4.78 is 7.49. The van der Waals surface area contributed by atoms with Crippen molar-refractivity contribution in [1.82, 2.24) is 0 Å². The molecule has 3 N–H and O–H groups in total. The first kappa shape index (κ1) is 14.4. The Kier molecular flexibility index (Phi) is 4.50. The van der Waals surface area contributed by atoms with Gasteiger partial charge in [0.25, 0.3) is 0 Å². The minimum absolute atomic E-state index is 0.0695. The molecule has 98 valence electrons. The topological polar surface area (TPSA) is 59.1 Å². The van der Waals surface area contributed by atoms with Crippen molar-refractivity contribution in [2.75, 3.05) is 0 Å². The van der Waals surface area contributed by atoms with Gasteiger partial charge in [0.2, 0.25) is 0 Å². The van der Waals surface area contributed by atoms with Gasteiger partial charge in [-0.3, -0.25) is 5.41 Å². The lowest BCUT2D eigenvalue weighted by molar-refractivity contribution is 0.478. The second kappa shape index (κ2) is 5.94. The third kappa shape index (κ3) is 3.49. The van der Waals surface area contributed by atoms with Crippen molar-refractivity contribution in [2.24, 2.45) is 5.73 Å².